The lowest BCUT2D eigenvalue weighted by atomic mass is 9.97. The van der Waals surface area contributed by atoms with Gasteiger partial charge < -0.3 is 5.32 Å². The molecule has 2 rings (SSSR count). The molecular weight excluding hydrogens is 268 g/mol. The summed E-state index contributed by atoms with van der Waals surface area (Å²) in [4.78, 5) is 14.6. The number of hydrogen-bond acceptors (Lipinski definition) is 3. The molecule has 2 atom stereocenters. The molecule has 20 heavy (non-hydrogen) atoms. The fourth-order valence-corrected chi connectivity index (χ4v) is 4.44. The molecule has 0 bridgehead atoms. The van der Waals surface area contributed by atoms with Crippen LogP contribution in [0.3, 0.4) is 0 Å². The molecular formula is C16H30N2OS. The Balaban J connectivity index is 1.76. The summed E-state index contributed by atoms with van der Waals surface area (Å²) in [6.07, 6.45) is 8.95. The average molecular weight is 298 g/mol. The highest BCUT2D eigenvalue weighted by Crippen LogP contribution is 2.24. The molecule has 1 aliphatic carbocycles. The first kappa shape index (κ1) is 16.2. The van der Waals surface area contributed by atoms with Crippen molar-refractivity contribution >= 4 is 17.7 Å². The summed E-state index contributed by atoms with van der Waals surface area (Å²) in [6, 6.07) is 0.937. The number of thioether (sulfide) groups is 1. The Morgan fingerprint density at radius 3 is 2.50 bits per heavy atom. The minimum Gasteiger partial charge on any atom is -0.352 e. The van der Waals surface area contributed by atoms with Gasteiger partial charge in [-0.2, -0.15) is 11.8 Å². The highest BCUT2D eigenvalue weighted by molar-refractivity contribution is 8.00. The van der Waals surface area contributed by atoms with E-state index in [9.17, 15) is 4.79 Å². The number of rotatable bonds is 3. The number of carbonyl (C=O) groups excluding carboxylic acids is 1. The first-order valence-electron chi connectivity index (χ1n) is 8.32. The van der Waals surface area contributed by atoms with Crippen LogP contribution in [0.15, 0.2) is 0 Å². The van der Waals surface area contributed by atoms with E-state index in [4.69, 9.17) is 0 Å². The zero-order valence-corrected chi connectivity index (χ0v) is 13.9. The largest absolute Gasteiger partial charge is 0.352 e. The van der Waals surface area contributed by atoms with Crippen LogP contribution in [-0.2, 0) is 4.79 Å². The van der Waals surface area contributed by atoms with Crippen molar-refractivity contribution in [1.82, 2.24) is 10.2 Å². The van der Waals surface area contributed by atoms with Gasteiger partial charge in [0.1, 0.15) is 0 Å². The first-order chi connectivity index (χ1) is 9.66. The predicted octanol–water partition coefficient (Wildman–Crippen LogP) is 3.04. The molecule has 1 saturated carbocycles. The molecule has 4 heteroatoms. The molecule has 1 amide bonds. The van der Waals surface area contributed by atoms with E-state index in [1.165, 1.54) is 44.9 Å². The van der Waals surface area contributed by atoms with E-state index in [0.717, 1.165) is 12.3 Å². The molecule has 116 valence electrons. The van der Waals surface area contributed by atoms with E-state index >= 15 is 0 Å². The van der Waals surface area contributed by atoms with Crippen molar-refractivity contribution < 1.29 is 4.79 Å². The van der Waals surface area contributed by atoms with Crippen molar-refractivity contribution in [3.05, 3.63) is 0 Å². The van der Waals surface area contributed by atoms with Gasteiger partial charge >= 0.3 is 0 Å². The second-order valence-corrected chi connectivity index (χ2v) is 7.88. The van der Waals surface area contributed by atoms with Crippen LogP contribution in [-0.4, -0.2) is 47.0 Å². The normalized spacial score (nSPS) is 30.5. The summed E-state index contributed by atoms with van der Waals surface area (Å²) in [5.41, 5.74) is 0. The summed E-state index contributed by atoms with van der Waals surface area (Å²) in [7, 11) is 0. The summed E-state index contributed by atoms with van der Waals surface area (Å²) >= 11 is 2.02. The van der Waals surface area contributed by atoms with E-state index in [1.54, 1.807) is 0 Å². The van der Waals surface area contributed by atoms with Gasteiger partial charge in [-0.1, -0.05) is 39.0 Å². The Hall–Kier alpha value is -0.220. The summed E-state index contributed by atoms with van der Waals surface area (Å²) < 4.78 is 0. The van der Waals surface area contributed by atoms with Crippen molar-refractivity contribution in [1.29, 1.82) is 0 Å². The van der Waals surface area contributed by atoms with Crippen molar-refractivity contribution in [2.75, 3.05) is 18.8 Å². The minimum atomic E-state index is 0.238. The van der Waals surface area contributed by atoms with Crippen LogP contribution in [0.1, 0.15) is 58.8 Å². The second kappa shape index (κ2) is 8.28. The standard InChI is InChI=1S/C16H30N2OS/c1-13-14(2)20-11-10-18(13)12-16(19)17-15-8-6-4-3-5-7-9-15/h13-15H,3-12H2,1-2H3,(H,17,19)/t13-,14-/m0/s1. The smallest absolute Gasteiger partial charge is 0.234 e. The van der Waals surface area contributed by atoms with Gasteiger partial charge in [0.05, 0.1) is 6.54 Å². The molecule has 0 radical (unpaired) electrons. The topological polar surface area (TPSA) is 32.3 Å². The lowest BCUT2D eigenvalue weighted by Gasteiger charge is -2.37. The van der Waals surface area contributed by atoms with Gasteiger partial charge in [0, 0.05) is 29.6 Å². The van der Waals surface area contributed by atoms with E-state index < -0.39 is 0 Å². The maximum absolute atomic E-state index is 12.3. The van der Waals surface area contributed by atoms with Crippen LogP contribution >= 0.6 is 11.8 Å². The Morgan fingerprint density at radius 2 is 1.80 bits per heavy atom. The molecule has 1 aliphatic heterocycles. The fourth-order valence-electron chi connectivity index (χ4n) is 3.28. The van der Waals surface area contributed by atoms with Gasteiger partial charge in [-0.15, -0.1) is 0 Å². The van der Waals surface area contributed by atoms with E-state index in [2.05, 4.69) is 24.1 Å². The Labute approximate surface area is 128 Å². The Bertz CT molecular complexity index is 303. The molecule has 2 aliphatic rings. The number of carbonyl (C=O) groups is 1. The molecule has 0 aromatic heterocycles. The third-order valence-electron chi connectivity index (χ3n) is 4.83. The van der Waals surface area contributed by atoms with Gasteiger partial charge in [-0.25, -0.2) is 0 Å². The Kier molecular flexibility index (Phi) is 6.69. The number of nitrogens with zero attached hydrogens (tertiary/aromatic N) is 1. The van der Waals surface area contributed by atoms with E-state index in [-0.39, 0.29) is 5.91 Å². The van der Waals surface area contributed by atoms with Gasteiger partial charge in [0.25, 0.3) is 0 Å². The molecule has 0 spiro atoms. The van der Waals surface area contributed by atoms with Crippen LogP contribution in [0.5, 0.6) is 0 Å². The highest BCUT2D eigenvalue weighted by Gasteiger charge is 2.27. The SMILES string of the molecule is C[C@@H]1SCCN(CC(=O)NC2CCCCCCC2)[C@H]1C. The predicted molar refractivity (Wildman–Crippen MR) is 87.2 cm³/mol. The van der Waals surface area contributed by atoms with Gasteiger partial charge in [-0.05, 0) is 19.8 Å². The highest BCUT2D eigenvalue weighted by atomic mass is 32.2. The van der Waals surface area contributed by atoms with E-state index in [0.29, 0.717) is 23.9 Å². The van der Waals surface area contributed by atoms with Crippen LogP contribution in [0.4, 0.5) is 0 Å². The van der Waals surface area contributed by atoms with Crippen molar-refractivity contribution in [2.24, 2.45) is 0 Å². The molecule has 1 heterocycles. The minimum absolute atomic E-state index is 0.238. The third-order valence-corrected chi connectivity index (χ3v) is 6.17. The monoisotopic (exact) mass is 298 g/mol. The first-order valence-corrected chi connectivity index (χ1v) is 9.36. The number of nitrogens with one attached hydrogen (secondary N) is 1. The molecule has 2 fully saturated rings. The molecule has 3 nitrogen and oxygen atoms in total. The second-order valence-electron chi connectivity index (χ2n) is 6.40. The van der Waals surface area contributed by atoms with Crippen LogP contribution in [0.2, 0.25) is 0 Å². The zero-order chi connectivity index (χ0) is 14.4. The summed E-state index contributed by atoms with van der Waals surface area (Å²) in [5.74, 6) is 1.39. The molecule has 0 unspecified atom stereocenters. The Morgan fingerprint density at radius 1 is 1.15 bits per heavy atom. The lowest BCUT2D eigenvalue weighted by Crippen LogP contribution is -2.50. The number of hydrogen-bond donors (Lipinski definition) is 1. The van der Waals surface area contributed by atoms with Crippen LogP contribution < -0.4 is 5.32 Å². The summed E-state index contributed by atoms with van der Waals surface area (Å²) in [6.45, 7) is 6.16. The van der Waals surface area contributed by atoms with Gasteiger partial charge in [0.15, 0.2) is 0 Å². The third kappa shape index (κ3) is 4.96. The maximum atomic E-state index is 12.3. The molecule has 0 aromatic rings. The zero-order valence-electron chi connectivity index (χ0n) is 13.1. The van der Waals surface area contributed by atoms with Crippen LogP contribution in [0, 0.1) is 0 Å². The summed E-state index contributed by atoms with van der Waals surface area (Å²) in [5, 5.41) is 3.92. The van der Waals surface area contributed by atoms with Crippen LogP contribution in [0.25, 0.3) is 0 Å². The number of amides is 1. The maximum Gasteiger partial charge on any atom is 0.234 e. The van der Waals surface area contributed by atoms with Gasteiger partial charge in [-0.3, -0.25) is 9.69 Å². The van der Waals surface area contributed by atoms with Gasteiger partial charge in [0.2, 0.25) is 5.91 Å². The average Bonchev–Trinajstić information content (AvgIpc) is 2.38. The van der Waals surface area contributed by atoms with Crippen molar-refractivity contribution in [2.45, 2.75) is 76.1 Å². The quantitative estimate of drug-likeness (QED) is 0.869. The molecule has 1 saturated heterocycles. The fraction of sp³-hybridized carbons (Fsp3) is 0.938. The van der Waals surface area contributed by atoms with Crippen molar-refractivity contribution in [3.8, 4) is 0 Å². The van der Waals surface area contributed by atoms with Crippen molar-refractivity contribution in [3.63, 3.8) is 0 Å². The molecule has 0 aromatic carbocycles. The van der Waals surface area contributed by atoms with E-state index in [1.807, 2.05) is 11.8 Å². The molecule has 1 N–H and O–H groups in total. The lowest BCUT2D eigenvalue weighted by molar-refractivity contribution is -0.123.